The van der Waals surface area contributed by atoms with E-state index in [2.05, 4.69) is 27.8 Å². The summed E-state index contributed by atoms with van der Waals surface area (Å²) in [6.07, 6.45) is 3.91. The first-order chi connectivity index (χ1) is 12.4. The topological polar surface area (TPSA) is 55.4 Å². The van der Waals surface area contributed by atoms with Crippen LogP contribution in [0.2, 0.25) is 0 Å². The Labute approximate surface area is 159 Å². The summed E-state index contributed by atoms with van der Waals surface area (Å²) in [6, 6.07) is 0. The van der Waals surface area contributed by atoms with E-state index < -0.39 is 0 Å². The fourth-order valence-electron chi connectivity index (χ4n) is 2.06. The van der Waals surface area contributed by atoms with Gasteiger partial charge >= 0.3 is 0 Å². The van der Waals surface area contributed by atoms with Gasteiger partial charge in [0.1, 0.15) is 6.61 Å². The largest absolute Gasteiger partial charge is 0.378 e. The normalized spacial score (nSPS) is 17.2. The van der Waals surface area contributed by atoms with Crippen molar-refractivity contribution < 1.29 is 28.4 Å². The highest BCUT2D eigenvalue weighted by Gasteiger charge is 2.12. The number of ether oxygens (including phenoxy) is 6. The molecule has 0 N–H and O–H groups in total. The predicted molar refractivity (Wildman–Crippen MR) is 99.0 cm³/mol. The van der Waals surface area contributed by atoms with E-state index >= 15 is 0 Å². The van der Waals surface area contributed by atoms with Gasteiger partial charge in [-0.05, 0) is 19.3 Å². The van der Waals surface area contributed by atoms with Crippen molar-refractivity contribution in [1.29, 1.82) is 0 Å². The quantitative estimate of drug-likeness (QED) is 0.229. The van der Waals surface area contributed by atoms with Crippen LogP contribution in [0.5, 0.6) is 0 Å². The van der Waals surface area contributed by atoms with Gasteiger partial charge < -0.3 is 28.4 Å². The Hall–Kier alpha value is -0.200. The second kappa shape index (κ2) is 18.6. The minimum atomic E-state index is -0.0673. The van der Waals surface area contributed by atoms with Crippen LogP contribution in [0.4, 0.5) is 0 Å². The third kappa shape index (κ3) is 15.7. The van der Waals surface area contributed by atoms with Gasteiger partial charge in [-0.1, -0.05) is 27.8 Å². The van der Waals surface area contributed by atoms with Crippen LogP contribution in [-0.4, -0.2) is 77.7 Å². The van der Waals surface area contributed by atoms with Crippen LogP contribution >= 0.6 is 15.9 Å². The fourth-order valence-corrected chi connectivity index (χ4v) is 2.29. The third-order valence-electron chi connectivity index (χ3n) is 3.31. The van der Waals surface area contributed by atoms with Gasteiger partial charge in [0.25, 0.3) is 0 Å². The smallest absolute Gasteiger partial charge is 0.158 e. The summed E-state index contributed by atoms with van der Waals surface area (Å²) in [7, 11) is 0. The summed E-state index contributed by atoms with van der Waals surface area (Å²) in [5, 5.41) is 0.852. The average Bonchev–Trinajstić information content (AvgIpc) is 2.65. The highest BCUT2D eigenvalue weighted by Crippen LogP contribution is 2.12. The lowest BCUT2D eigenvalue weighted by Gasteiger charge is -2.21. The Morgan fingerprint density at radius 2 is 1.44 bits per heavy atom. The van der Waals surface area contributed by atoms with Gasteiger partial charge in [-0.25, -0.2) is 0 Å². The number of hydrogen-bond donors (Lipinski definition) is 0. The highest BCUT2D eigenvalue weighted by molar-refractivity contribution is 9.09. The lowest BCUT2D eigenvalue weighted by molar-refractivity contribution is -0.154. The van der Waals surface area contributed by atoms with Crippen LogP contribution < -0.4 is 0 Å². The Bertz CT molecular complexity index is 338. The molecular weight excluding hydrogens is 392 g/mol. The molecule has 1 unspecified atom stereocenters. The van der Waals surface area contributed by atoms with E-state index in [-0.39, 0.29) is 6.29 Å². The van der Waals surface area contributed by atoms with E-state index in [1.807, 2.05) is 0 Å². The highest BCUT2D eigenvalue weighted by atomic mass is 79.9. The van der Waals surface area contributed by atoms with Crippen molar-refractivity contribution in [3.8, 4) is 11.8 Å². The maximum absolute atomic E-state index is 5.52. The van der Waals surface area contributed by atoms with Crippen LogP contribution in [0.25, 0.3) is 0 Å². The SMILES string of the molecule is BrCCOCCOCCOCCOCCC#CCOC1CCCCO1. The van der Waals surface area contributed by atoms with E-state index in [0.29, 0.717) is 65.9 Å². The molecule has 0 aromatic heterocycles. The van der Waals surface area contributed by atoms with Crippen molar-refractivity contribution in [3.05, 3.63) is 0 Å². The van der Waals surface area contributed by atoms with Gasteiger partial charge in [-0.15, -0.1) is 0 Å². The maximum Gasteiger partial charge on any atom is 0.158 e. The Balaban J connectivity index is 1.72. The molecule has 0 spiro atoms. The molecule has 1 heterocycles. The minimum Gasteiger partial charge on any atom is -0.378 e. The Morgan fingerprint density at radius 3 is 2.04 bits per heavy atom. The van der Waals surface area contributed by atoms with Crippen LogP contribution in [0.1, 0.15) is 25.7 Å². The molecule has 0 amide bonds. The van der Waals surface area contributed by atoms with Crippen molar-refractivity contribution >= 4 is 15.9 Å². The summed E-state index contributed by atoms with van der Waals surface area (Å²) in [5.74, 6) is 6.02. The van der Waals surface area contributed by atoms with Crippen LogP contribution in [-0.2, 0) is 28.4 Å². The van der Waals surface area contributed by atoms with Gasteiger partial charge in [0.15, 0.2) is 6.29 Å². The molecule has 0 radical (unpaired) electrons. The van der Waals surface area contributed by atoms with E-state index in [4.69, 9.17) is 28.4 Å². The van der Waals surface area contributed by atoms with Crippen LogP contribution in [0, 0.1) is 11.8 Å². The first-order valence-electron chi connectivity index (χ1n) is 8.99. The van der Waals surface area contributed by atoms with Gasteiger partial charge in [0.05, 0.1) is 52.9 Å². The van der Waals surface area contributed by atoms with Crippen molar-refractivity contribution in [2.24, 2.45) is 0 Å². The van der Waals surface area contributed by atoms with Crippen LogP contribution in [0.3, 0.4) is 0 Å². The Morgan fingerprint density at radius 1 is 0.800 bits per heavy atom. The number of rotatable bonds is 15. The second-order valence-corrected chi connectivity index (χ2v) is 6.14. The van der Waals surface area contributed by atoms with Crippen LogP contribution in [0.15, 0.2) is 0 Å². The average molecular weight is 423 g/mol. The lowest BCUT2D eigenvalue weighted by Crippen LogP contribution is -2.22. The van der Waals surface area contributed by atoms with E-state index in [1.165, 1.54) is 6.42 Å². The molecule has 0 saturated carbocycles. The molecule has 25 heavy (non-hydrogen) atoms. The van der Waals surface area contributed by atoms with E-state index in [1.54, 1.807) is 0 Å². The molecular formula is C18H31BrO6. The third-order valence-corrected chi connectivity index (χ3v) is 3.64. The Kier molecular flexibility index (Phi) is 17.0. The zero-order chi connectivity index (χ0) is 17.8. The summed E-state index contributed by atoms with van der Waals surface area (Å²) in [5.41, 5.74) is 0. The zero-order valence-electron chi connectivity index (χ0n) is 15.0. The zero-order valence-corrected chi connectivity index (χ0v) is 16.6. The first kappa shape index (κ1) is 22.8. The van der Waals surface area contributed by atoms with Gasteiger partial charge in [-0.2, -0.15) is 0 Å². The van der Waals surface area contributed by atoms with E-state index in [9.17, 15) is 0 Å². The number of alkyl halides is 1. The summed E-state index contributed by atoms with van der Waals surface area (Å²) < 4.78 is 32.5. The molecule has 0 aliphatic carbocycles. The fraction of sp³-hybridized carbons (Fsp3) is 0.889. The van der Waals surface area contributed by atoms with Gasteiger partial charge in [0, 0.05) is 18.4 Å². The van der Waals surface area contributed by atoms with Crippen molar-refractivity contribution in [3.63, 3.8) is 0 Å². The maximum atomic E-state index is 5.52. The molecule has 1 aliphatic heterocycles. The minimum absolute atomic E-state index is 0.0673. The summed E-state index contributed by atoms with van der Waals surface area (Å²) >= 11 is 3.29. The first-order valence-corrected chi connectivity index (χ1v) is 10.1. The van der Waals surface area contributed by atoms with Crippen molar-refractivity contribution in [2.45, 2.75) is 32.0 Å². The standard InChI is InChI=1S/C18H31BrO6/c19-7-11-21-13-15-23-17-16-22-14-12-20-8-3-1-4-9-24-18-6-2-5-10-25-18/h18H,2-3,5-17H2. The number of halogens is 1. The lowest BCUT2D eigenvalue weighted by atomic mass is 10.2. The molecule has 1 saturated heterocycles. The molecule has 7 heteroatoms. The molecule has 0 aromatic carbocycles. The van der Waals surface area contributed by atoms with Crippen molar-refractivity contribution in [1.82, 2.24) is 0 Å². The molecule has 146 valence electrons. The molecule has 1 atom stereocenters. The predicted octanol–water partition coefficient (Wildman–Crippen LogP) is 2.38. The number of hydrogen-bond acceptors (Lipinski definition) is 6. The van der Waals surface area contributed by atoms with E-state index in [0.717, 1.165) is 24.8 Å². The molecule has 6 nitrogen and oxygen atoms in total. The molecule has 1 rings (SSSR count). The van der Waals surface area contributed by atoms with Crippen molar-refractivity contribution in [2.75, 3.05) is 71.4 Å². The molecule has 1 fully saturated rings. The van der Waals surface area contributed by atoms with Gasteiger partial charge in [0.2, 0.25) is 0 Å². The molecule has 1 aliphatic rings. The monoisotopic (exact) mass is 422 g/mol. The summed E-state index contributed by atoms with van der Waals surface area (Å²) in [6.45, 7) is 6.05. The molecule has 0 aromatic rings. The second-order valence-electron chi connectivity index (χ2n) is 5.35. The molecule has 0 bridgehead atoms. The van der Waals surface area contributed by atoms with Gasteiger partial charge in [-0.3, -0.25) is 0 Å². The summed E-state index contributed by atoms with van der Waals surface area (Å²) in [4.78, 5) is 0.